The number of hydrogen-bond acceptors (Lipinski definition) is 3. The zero-order chi connectivity index (χ0) is 30.6. The summed E-state index contributed by atoms with van der Waals surface area (Å²) in [7, 11) is 0. The molecule has 0 amide bonds. The molecule has 46 heavy (non-hydrogen) atoms. The first kappa shape index (κ1) is 26.8. The SMILES string of the molecule is N#Cc1cc(-c2ccccc2)cc(-c2cc(-c3ccc4sc5ccccc5c4c3)cc(-c3ccc4sc5ccccc5c4c3)c2)c1. The van der Waals surface area contributed by atoms with Gasteiger partial charge in [0, 0.05) is 40.3 Å². The molecule has 0 fully saturated rings. The summed E-state index contributed by atoms with van der Waals surface area (Å²) in [6.45, 7) is 0. The maximum atomic E-state index is 10.0. The minimum atomic E-state index is 0.653. The number of nitriles is 1. The first-order valence-corrected chi connectivity index (χ1v) is 16.9. The lowest BCUT2D eigenvalue weighted by Gasteiger charge is -2.13. The number of fused-ring (bicyclic) bond motifs is 6. The molecule has 0 radical (unpaired) electrons. The second kappa shape index (κ2) is 10.8. The minimum absolute atomic E-state index is 0.653. The van der Waals surface area contributed by atoms with Crippen LogP contribution in [0.4, 0.5) is 0 Å². The van der Waals surface area contributed by atoms with Crippen molar-refractivity contribution < 1.29 is 0 Å². The molecule has 0 bridgehead atoms. The van der Waals surface area contributed by atoms with Gasteiger partial charge in [-0.1, -0.05) is 78.9 Å². The molecule has 0 spiro atoms. The summed E-state index contributed by atoms with van der Waals surface area (Å²) >= 11 is 3.68. The number of rotatable bonds is 4. The molecule has 0 saturated heterocycles. The van der Waals surface area contributed by atoms with Crippen molar-refractivity contribution in [1.82, 2.24) is 0 Å². The van der Waals surface area contributed by atoms with Gasteiger partial charge in [-0.2, -0.15) is 5.26 Å². The molecule has 0 aliphatic rings. The quantitative estimate of drug-likeness (QED) is 0.192. The largest absolute Gasteiger partial charge is 0.192 e. The first-order valence-electron chi connectivity index (χ1n) is 15.3. The molecule has 2 heterocycles. The van der Waals surface area contributed by atoms with E-state index in [0.717, 1.165) is 33.4 Å². The standard InChI is InChI=1S/C43H25NS2/c44-26-27-18-31(28-8-2-1-3-9-28)20-32(19-27)35-22-33(29-14-16-42-38(24-29)36-10-4-6-12-40(36)45-42)21-34(23-35)30-15-17-43-39(25-30)37-11-5-7-13-41(37)46-43/h1-25H. The highest BCUT2D eigenvalue weighted by atomic mass is 32.1. The molecule has 0 atom stereocenters. The molecule has 0 aliphatic carbocycles. The Balaban J connectivity index is 1.28. The van der Waals surface area contributed by atoms with E-state index in [1.807, 2.05) is 53.0 Å². The van der Waals surface area contributed by atoms with Crippen LogP contribution < -0.4 is 0 Å². The Labute approximate surface area is 274 Å². The van der Waals surface area contributed by atoms with Gasteiger partial charge in [0.25, 0.3) is 0 Å². The highest BCUT2D eigenvalue weighted by molar-refractivity contribution is 7.26. The minimum Gasteiger partial charge on any atom is -0.192 e. The fourth-order valence-corrected chi connectivity index (χ4v) is 8.77. The maximum Gasteiger partial charge on any atom is 0.0992 e. The Bertz CT molecular complexity index is 2520. The number of thiophene rings is 2. The Morgan fingerprint density at radius 2 is 0.739 bits per heavy atom. The summed E-state index contributed by atoms with van der Waals surface area (Å²) in [4.78, 5) is 0. The van der Waals surface area contributed by atoms with E-state index >= 15 is 0 Å². The van der Waals surface area contributed by atoms with Gasteiger partial charge < -0.3 is 0 Å². The third-order valence-electron chi connectivity index (χ3n) is 8.86. The van der Waals surface area contributed by atoms with E-state index in [2.05, 4.69) is 127 Å². The molecule has 3 heteroatoms. The molecular formula is C43H25NS2. The van der Waals surface area contributed by atoms with Gasteiger partial charge >= 0.3 is 0 Å². The lowest BCUT2D eigenvalue weighted by atomic mass is 9.90. The van der Waals surface area contributed by atoms with Crippen LogP contribution in [0.15, 0.2) is 152 Å². The molecule has 9 rings (SSSR count). The molecule has 1 nitrogen and oxygen atoms in total. The van der Waals surface area contributed by atoms with Crippen LogP contribution in [0.5, 0.6) is 0 Å². The lowest BCUT2D eigenvalue weighted by Crippen LogP contribution is -1.89. The lowest BCUT2D eigenvalue weighted by molar-refractivity contribution is 1.48. The molecule has 7 aromatic carbocycles. The number of benzene rings is 7. The van der Waals surface area contributed by atoms with Crippen LogP contribution in [0.3, 0.4) is 0 Å². The highest BCUT2D eigenvalue weighted by Crippen LogP contribution is 2.41. The average molecular weight is 620 g/mol. The van der Waals surface area contributed by atoms with Crippen LogP contribution in [0.25, 0.3) is 84.9 Å². The van der Waals surface area contributed by atoms with E-state index in [4.69, 9.17) is 0 Å². The van der Waals surface area contributed by atoms with E-state index in [0.29, 0.717) is 5.56 Å². The average Bonchev–Trinajstić information content (AvgIpc) is 3.69. The van der Waals surface area contributed by atoms with E-state index in [1.54, 1.807) is 0 Å². The Morgan fingerprint density at radius 1 is 0.326 bits per heavy atom. The highest BCUT2D eigenvalue weighted by Gasteiger charge is 2.14. The first-order chi connectivity index (χ1) is 22.7. The predicted octanol–water partition coefficient (Wildman–Crippen LogP) is 13.0. The molecule has 2 aromatic heterocycles. The van der Waals surface area contributed by atoms with Crippen molar-refractivity contribution in [2.24, 2.45) is 0 Å². The summed E-state index contributed by atoms with van der Waals surface area (Å²) in [6.07, 6.45) is 0. The van der Waals surface area contributed by atoms with Gasteiger partial charge in [0.2, 0.25) is 0 Å². The second-order valence-electron chi connectivity index (χ2n) is 11.7. The van der Waals surface area contributed by atoms with Crippen LogP contribution in [-0.4, -0.2) is 0 Å². The van der Waals surface area contributed by atoms with E-state index in [9.17, 15) is 5.26 Å². The van der Waals surface area contributed by atoms with Crippen molar-refractivity contribution in [3.63, 3.8) is 0 Å². The summed E-state index contributed by atoms with van der Waals surface area (Å²) in [5.74, 6) is 0. The Hall–Kier alpha value is -5.53. The second-order valence-corrected chi connectivity index (χ2v) is 13.9. The van der Waals surface area contributed by atoms with E-state index in [1.165, 1.54) is 51.5 Å². The van der Waals surface area contributed by atoms with Gasteiger partial charge in [-0.3, -0.25) is 0 Å². The fraction of sp³-hybridized carbons (Fsp3) is 0. The summed E-state index contributed by atoms with van der Waals surface area (Å²) in [5.41, 5.74) is 9.59. The van der Waals surface area contributed by atoms with Crippen molar-refractivity contribution in [1.29, 1.82) is 5.26 Å². The molecule has 0 saturated carbocycles. The maximum absolute atomic E-state index is 10.0. The van der Waals surface area contributed by atoms with Gasteiger partial charge in [-0.15, -0.1) is 22.7 Å². The van der Waals surface area contributed by atoms with Crippen molar-refractivity contribution >= 4 is 63.0 Å². The van der Waals surface area contributed by atoms with Crippen molar-refractivity contribution in [3.05, 3.63) is 157 Å². The zero-order valence-electron chi connectivity index (χ0n) is 24.7. The van der Waals surface area contributed by atoms with Gasteiger partial charge in [-0.05, 0) is 117 Å². The smallest absolute Gasteiger partial charge is 0.0992 e. The van der Waals surface area contributed by atoms with E-state index < -0.39 is 0 Å². The van der Waals surface area contributed by atoms with Crippen LogP contribution in [0.1, 0.15) is 5.56 Å². The summed E-state index contributed by atoms with van der Waals surface area (Å²) in [6, 6.07) is 56.8. The summed E-state index contributed by atoms with van der Waals surface area (Å²) < 4.78 is 5.21. The van der Waals surface area contributed by atoms with Crippen molar-refractivity contribution in [2.75, 3.05) is 0 Å². The molecule has 0 aliphatic heterocycles. The summed E-state index contributed by atoms with van der Waals surface area (Å²) in [5, 5.41) is 15.2. The third kappa shape index (κ3) is 4.59. The van der Waals surface area contributed by atoms with Gasteiger partial charge in [0.15, 0.2) is 0 Å². The molecular weight excluding hydrogens is 595 g/mol. The van der Waals surface area contributed by atoms with E-state index in [-0.39, 0.29) is 0 Å². The van der Waals surface area contributed by atoms with Crippen molar-refractivity contribution in [2.45, 2.75) is 0 Å². The van der Waals surface area contributed by atoms with Gasteiger partial charge in [0.05, 0.1) is 11.6 Å². The zero-order valence-corrected chi connectivity index (χ0v) is 26.3. The molecule has 9 aromatic rings. The van der Waals surface area contributed by atoms with Gasteiger partial charge in [-0.25, -0.2) is 0 Å². The number of nitrogens with zero attached hydrogens (tertiary/aromatic N) is 1. The predicted molar refractivity (Wildman–Crippen MR) is 199 cm³/mol. The number of hydrogen-bond donors (Lipinski definition) is 0. The van der Waals surface area contributed by atoms with Crippen LogP contribution in [-0.2, 0) is 0 Å². The molecule has 0 unspecified atom stereocenters. The normalized spacial score (nSPS) is 11.5. The molecule has 0 N–H and O–H groups in total. The topological polar surface area (TPSA) is 23.8 Å². The van der Waals surface area contributed by atoms with Gasteiger partial charge in [0.1, 0.15) is 0 Å². The van der Waals surface area contributed by atoms with Crippen LogP contribution >= 0.6 is 22.7 Å². The fourth-order valence-electron chi connectivity index (χ4n) is 6.59. The molecule has 214 valence electrons. The van der Waals surface area contributed by atoms with Crippen LogP contribution in [0.2, 0.25) is 0 Å². The van der Waals surface area contributed by atoms with Crippen molar-refractivity contribution in [3.8, 4) is 50.6 Å². The third-order valence-corrected chi connectivity index (χ3v) is 11.2. The van der Waals surface area contributed by atoms with Crippen LogP contribution in [0, 0.1) is 11.3 Å². The monoisotopic (exact) mass is 619 g/mol. The Kier molecular flexibility index (Phi) is 6.31. The Morgan fingerprint density at radius 3 is 1.26 bits per heavy atom.